The van der Waals surface area contributed by atoms with Gasteiger partial charge in [0.15, 0.2) is 0 Å². The molecule has 0 bridgehead atoms. The molecule has 2 heterocycles. The van der Waals surface area contributed by atoms with E-state index >= 15 is 0 Å². The lowest BCUT2D eigenvalue weighted by atomic mass is 10.2. The van der Waals surface area contributed by atoms with Gasteiger partial charge in [-0.2, -0.15) is 8.42 Å². The van der Waals surface area contributed by atoms with Crippen molar-refractivity contribution in [3.05, 3.63) is 70.5 Å². The van der Waals surface area contributed by atoms with Gasteiger partial charge in [-0.15, -0.1) is 9.19 Å². The third-order valence-corrected chi connectivity index (χ3v) is 6.12. The molecule has 4 aromatic rings. The highest BCUT2D eigenvalue weighted by Crippen LogP contribution is 2.29. The number of nitrogens with one attached hydrogen (secondary N) is 2. The molecule has 0 saturated heterocycles. The van der Waals surface area contributed by atoms with Crippen molar-refractivity contribution in [1.29, 1.82) is 0 Å². The van der Waals surface area contributed by atoms with Gasteiger partial charge in [-0.1, -0.05) is 5.21 Å². The third kappa shape index (κ3) is 4.43. The first-order chi connectivity index (χ1) is 15.6. The Morgan fingerprint density at radius 1 is 1.09 bits per heavy atom. The standard InChI is InChI=1S/C20H18FN7O4S/c1-12(2)22-19-10-9-18(28(29)30)20(24-19)23-14-5-8-17-16(11-14)25-26-27(17)33(31,32)15-6-3-13(21)4-7-15/h3-12H,1-2H3,(H2,22,23,24). The number of anilines is 3. The lowest BCUT2D eigenvalue weighted by Gasteiger charge is -2.12. The highest BCUT2D eigenvalue weighted by molar-refractivity contribution is 7.90. The summed E-state index contributed by atoms with van der Waals surface area (Å²) < 4.78 is 39.7. The van der Waals surface area contributed by atoms with Gasteiger partial charge >= 0.3 is 5.69 Å². The summed E-state index contributed by atoms with van der Waals surface area (Å²) in [6.45, 7) is 3.82. The number of nitro groups is 1. The topological polar surface area (TPSA) is 145 Å². The van der Waals surface area contributed by atoms with Crippen LogP contribution in [-0.2, 0) is 10.0 Å². The van der Waals surface area contributed by atoms with E-state index in [1.54, 1.807) is 0 Å². The van der Waals surface area contributed by atoms with Gasteiger partial charge in [-0.25, -0.2) is 9.37 Å². The van der Waals surface area contributed by atoms with Crippen molar-refractivity contribution in [2.45, 2.75) is 24.8 Å². The second kappa shape index (κ2) is 8.43. The number of nitrogens with zero attached hydrogens (tertiary/aromatic N) is 5. The summed E-state index contributed by atoms with van der Waals surface area (Å²) in [6.07, 6.45) is 0. The van der Waals surface area contributed by atoms with Gasteiger partial charge in [0.05, 0.1) is 9.82 Å². The van der Waals surface area contributed by atoms with Crippen LogP contribution in [0, 0.1) is 15.9 Å². The quantitative estimate of drug-likeness (QED) is 0.304. The van der Waals surface area contributed by atoms with Crippen LogP contribution in [0.3, 0.4) is 0 Å². The first-order valence-corrected chi connectivity index (χ1v) is 11.1. The molecule has 0 atom stereocenters. The lowest BCUT2D eigenvalue weighted by Crippen LogP contribution is -2.14. The normalized spacial score (nSPS) is 11.6. The third-order valence-electron chi connectivity index (χ3n) is 4.52. The fourth-order valence-corrected chi connectivity index (χ4v) is 4.29. The number of pyridine rings is 1. The zero-order valence-electron chi connectivity index (χ0n) is 17.4. The van der Waals surface area contributed by atoms with Gasteiger partial charge in [0, 0.05) is 17.8 Å². The van der Waals surface area contributed by atoms with Gasteiger partial charge < -0.3 is 10.6 Å². The molecule has 33 heavy (non-hydrogen) atoms. The smallest absolute Gasteiger partial charge is 0.311 e. The Morgan fingerprint density at radius 2 is 1.82 bits per heavy atom. The predicted octanol–water partition coefficient (Wildman–Crippen LogP) is 3.67. The van der Waals surface area contributed by atoms with Crippen molar-refractivity contribution in [2.75, 3.05) is 10.6 Å². The molecule has 0 amide bonds. The van der Waals surface area contributed by atoms with Crippen molar-refractivity contribution < 1.29 is 17.7 Å². The lowest BCUT2D eigenvalue weighted by molar-refractivity contribution is -0.384. The van der Waals surface area contributed by atoms with E-state index < -0.39 is 20.8 Å². The second-order valence-electron chi connectivity index (χ2n) is 7.34. The zero-order chi connectivity index (χ0) is 23.8. The number of hydrogen-bond acceptors (Lipinski definition) is 9. The van der Waals surface area contributed by atoms with Gasteiger partial charge in [0.1, 0.15) is 22.7 Å². The molecule has 0 aliphatic carbocycles. The van der Waals surface area contributed by atoms with Gasteiger partial charge in [-0.05, 0) is 62.4 Å². The van der Waals surface area contributed by atoms with E-state index in [2.05, 4.69) is 25.9 Å². The average molecular weight is 471 g/mol. The highest BCUT2D eigenvalue weighted by atomic mass is 32.2. The molecule has 0 aliphatic rings. The van der Waals surface area contributed by atoms with Crippen LogP contribution in [0.5, 0.6) is 0 Å². The summed E-state index contributed by atoms with van der Waals surface area (Å²) in [6, 6.07) is 11.7. The van der Waals surface area contributed by atoms with Gasteiger partial charge in [0.25, 0.3) is 10.0 Å². The fraction of sp³-hybridized carbons (Fsp3) is 0.150. The van der Waals surface area contributed by atoms with E-state index in [1.807, 2.05) is 13.8 Å². The molecule has 2 aromatic heterocycles. The van der Waals surface area contributed by atoms with Crippen LogP contribution in [0.4, 0.5) is 27.4 Å². The van der Waals surface area contributed by atoms with Crippen LogP contribution in [0.1, 0.15) is 13.8 Å². The Kier molecular flexibility index (Phi) is 5.64. The summed E-state index contributed by atoms with van der Waals surface area (Å²) in [7, 11) is -4.10. The molecule has 0 unspecified atom stereocenters. The minimum Gasteiger partial charge on any atom is -0.368 e. The Morgan fingerprint density at radius 3 is 2.48 bits per heavy atom. The largest absolute Gasteiger partial charge is 0.368 e. The molecule has 13 heteroatoms. The summed E-state index contributed by atoms with van der Waals surface area (Å²) in [5.41, 5.74) is 0.574. The maximum Gasteiger partial charge on any atom is 0.311 e. The van der Waals surface area contributed by atoms with E-state index in [-0.39, 0.29) is 33.5 Å². The van der Waals surface area contributed by atoms with Crippen molar-refractivity contribution in [1.82, 2.24) is 19.4 Å². The summed E-state index contributed by atoms with van der Waals surface area (Å²) in [5, 5.41) is 25.0. The Labute approximate surface area is 187 Å². The first kappa shape index (κ1) is 22.1. The number of halogens is 1. The van der Waals surface area contributed by atoms with Crippen LogP contribution < -0.4 is 10.6 Å². The van der Waals surface area contributed by atoms with Crippen LogP contribution >= 0.6 is 0 Å². The molecule has 2 aromatic carbocycles. The van der Waals surface area contributed by atoms with Crippen LogP contribution in [0.25, 0.3) is 11.0 Å². The van der Waals surface area contributed by atoms with Crippen LogP contribution in [-0.4, -0.2) is 38.8 Å². The number of aromatic nitrogens is 4. The molecule has 4 rings (SSSR count). The maximum atomic E-state index is 13.2. The number of benzene rings is 2. The molecule has 0 spiro atoms. The van der Waals surface area contributed by atoms with Crippen LogP contribution in [0.15, 0.2) is 59.5 Å². The van der Waals surface area contributed by atoms with Gasteiger partial charge in [0.2, 0.25) is 5.82 Å². The van der Waals surface area contributed by atoms with E-state index in [1.165, 1.54) is 30.3 Å². The number of hydrogen-bond donors (Lipinski definition) is 2. The molecule has 0 radical (unpaired) electrons. The monoisotopic (exact) mass is 471 g/mol. The predicted molar refractivity (Wildman–Crippen MR) is 119 cm³/mol. The zero-order valence-corrected chi connectivity index (χ0v) is 18.2. The first-order valence-electron chi connectivity index (χ1n) is 9.71. The minimum atomic E-state index is -4.10. The minimum absolute atomic E-state index is 0.0105. The Bertz CT molecular complexity index is 1450. The van der Waals surface area contributed by atoms with Crippen LogP contribution in [0.2, 0.25) is 0 Å². The van der Waals surface area contributed by atoms with Crippen molar-refractivity contribution in [3.8, 4) is 0 Å². The highest BCUT2D eigenvalue weighted by Gasteiger charge is 2.22. The molecule has 0 fully saturated rings. The molecule has 11 nitrogen and oxygen atoms in total. The molecule has 0 aliphatic heterocycles. The number of rotatable bonds is 7. The SMILES string of the molecule is CC(C)Nc1ccc([N+](=O)[O-])c(Nc2ccc3c(c2)nnn3S(=O)(=O)c2ccc(F)cc2)n1. The molecule has 170 valence electrons. The van der Waals surface area contributed by atoms with Gasteiger partial charge in [-0.3, -0.25) is 10.1 Å². The van der Waals surface area contributed by atoms with Crippen molar-refractivity contribution >= 4 is 44.1 Å². The molecule has 2 N–H and O–H groups in total. The van der Waals surface area contributed by atoms with E-state index in [0.717, 1.165) is 28.4 Å². The maximum absolute atomic E-state index is 13.2. The second-order valence-corrected chi connectivity index (χ2v) is 9.11. The summed E-state index contributed by atoms with van der Waals surface area (Å²) >= 11 is 0. The van der Waals surface area contributed by atoms with E-state index in [4.69, 9.17) is 0 Å². The van der Waals surface area contributed by atoms with E-state index in [9.17, 15) is 22.9 Å². The fourth-order valence-electron chi connectivity index (χ4n) is 3.07. The molecular weight excluding hydrogens is 453 g/mol. The van der Waals surface area contributed by atoms with E-state index in [0.29, 0.717) is 11.5 Å². The summed E-state index contributed by atoms with van der Waals surface area (Å²) in [5.74, 6) is -0.102. The van der Waals surface area contributed by atoms with Crippen molar-refractivity contribution in [3.63, 3.8) is 0 Å². The van der Waals surface area contributed by atoms with Crippen molar-refractivity contribution in [2.24, 2.45) is 0 Å². The Hall–Kier alpha value is -4.13. The number of fused-ring (bicyclic) bond motifs is 1. The molecular formula is C20H18FN7O4S. The Balaban J connectivity index is 1.70. The molecule has 0 saturated carbocycles. The summed E-state index contributed by atoms with van der Waals surface area (Å²) in [4.78, 5) is 15.0. The average Bonchev–Trinajstić information content (AvgIpc) is 3.18.